The van der Waals surface area contributed by atoms with Crippen molar-refractivity contribution in [2.24, 2.45) is 0 Å². The van der Waals surface area contributed by atoms with Gasteiger partial charge in [-0.3, -0.25) is 0 Å². The predicted molar refractivity (Wildman–Crippen MR) is 71.6 cm³/mol. The van der Waals surface area contributed by atoms with Crippen molar-refractivity contribution in [2.45, 2.75) is 38.5 Å². The second kappa shape index (κ2) is 9.51. The Kier molecular flexibility index (Phi) is 7.69. The highest BCUT2D eigenvalue weighted by molar-refractivity contribution is 5.59. The molecule has 0 heterocycles. The SMILES string of the molecule is COC(=O)OCCCCCCCc1ccccc1. The number of aryl methyl sites for hydroxylation is 1. The van der Waals surface area contributed by atoms with Gasteiger partial charge in [-0.1, -0.05) is 49.6 Å². The maximum atomic E-state index is 10.7. The molecular formula is C15H22O3. The molecule has 0 spiro atoms. The van der Waals surface area contributed by atoms with Gasteiger partial charge in [-0.05, 0) is 24.8 Å². The van der Waals surface area contributed by atoms with Crippen LogP contribution in [0.15, 0.2) is 30.3 Å². The number of unbranched alkanes of at least 4 members (excludes halogenated alkanes) is 4. The molecule has 0 atom stereocenters. The van der Waals surface area contributed by atoms with E-state index in [1.807, 2.05) is 6.07 Å². The second-order valence-corrected chi connectivity index (χ2v) is 4.31. The Balaban J connectivity index is 1.89. The van der Waals surface area contributed by atoms with E-state index in [0.717, 1.165) is 19.3 Å². The predicted octanol–water partition coefficient (Wildman–Crippen LogP) is 3.96. The van der Waals surface area contributed by atoms with Crippen LogP contribution < -0.4 is 0 Å². The van der Waals surface area contributed by atoms with Crippen molar-refractivity contribution in [1.29, 1.82) is 0 Å². The molecule has 0 unspecified atom stereocenters. The molecule has 0 N–H and O–H groups in total. The van der Waals surface area contributed by atoms with E-state index in [0.29, 0.717) is 6.61 Å². The van der Waals surface area contributed by atoms with Crippen LogP contribution in [0.1, 0.15) is 37.7 Å². The minimum atomic E-state index is -0.584. The zero-order valence-electron chi connectivity index (χ0n) is 11.1. The zero-order chi connectivity index (χ0) is 13.1. The van der Waals surface area contributed by atoms with E-state index in [1.165, 1.54) is 31.9 Å². The van der Waals surface area contributed by atoms with Crippen LogP contribution in [0, 0.1) is 0 Å². The number of hydrogen-bond acceptors (Lipinski definition) is 3. The molecule has 0 bridgehead atoms. The van der Waals surface area contributed by atoms with E-state index in [4.69, 9.17) is 4.74 Å². The number of rotatable bonds is 8. The van der Waals surface area contributed by atoms with Gasteiger partial charge in [0.1, 0.15) is 0 Å². The van der Waals surface area contributed by atoms with Gasteiger partial charge in [-0.2, -0.15) is 0 Å². The van der Waals surface area contributed by atoms with Crippen molar-refractivity contribution in [1.82, 2.24) is 0 Å². The van der Waals surface area contributed by atoms with E-state index in [2.05, 4.69) is 29.0 Å². The van der Waals surface area contributed by atoms with Gasteiger partial charge in [0.05, 0.1) is 13.7 Å². The summed E-state index contributed by atoms with van der Waals surface area (Å²) in [5.74, 6) is 0. The molecule has 0 fully saturated rings. The third-order valence-corrected chi connectivity index (χ3v) is 2.84. The highest BCUT2D eigenvalue weighted by atomic mass is 16.7. The molecular weight excluding hydrogens is 228 g/mol. The van der Waals surface area contributed by atoms with Crippen molar-refractivity contribution in [3.8, 4) is 0 Å². The number of carbonyl (C=O) groups is 1. The number of hydrogen-bond donors (Lipinski definition) is 0. The van der Waals surface area contributed by atoms with Gasteiger partial charge in [0.25, 0.3) is 0 Å². The molecule has 1 aromatic rings. The van der Waals surface area contributed by atoms with E-state index >= 15 is 0 Å². The molecule has 0 amide bonds. The Morgan fingerprint density at radius 2 is 1.67 bits per heavy atom. The average Bonchev–Trinajstić information content (AvgIpc) is 2.42. The molecule has 0 saturated carbocycles. The maximum Gasteiger partial charge on any atom is 0.507 e. The summed E-state index contributed by atoms with van der Waals surface area (Å²) < 4.78 is 9.19. The normalized spacial score (nSPS) is 10.1. The highest BCUT2D eigenvalue weighted by Gasteiger charge is 1.99. The Hall–Kier alpha value is -1.51. The standard InChI is InChI=1S/C15H22O3/c1-17-15(16)18-13-9-4-2-3-6-10-14-11-7-5-8-12-14/h5,7-8,11-12H,2-4,6,9-10,13H2,1H3. The quantitative estimate of drug-likeness (QED) is 0.517. The van der Waals surface area contributed by atoms with Gasteiger partial charge in [0.2, 0.25) is 0 Å². The van der Waals surface area contributed by atoms with E-state index in [-0.39, 0.29) is 0 Å². The van der Waals surface area contributed by atoms with Crippen LogP contribution in [-0.2, 0) is 15.9 Å². The fraction of sp³-hybridized carbons (Fsp3) is 0.533. The molecule has 0 saturated heterocycles. The first-order chi connectivity index (χ1) is 8.83. The van der Waals surface area contributed by atoms with Crippen molar-refractivity contribution in [2.75, 3.05) is 13.7 Å². The van der Waals surface area contributed by atoms with Crippen LogP contribution in [-0.4, -0.2) is 19.9 Å². The summed E-state index contributed by atoms with van der Waals surface area (Å²) in [5, 5.41) is 0. The number of ether oxygens (including phenoxy) is 2. The Morgan fingerprint density at radius 3 is 2.39 bits per heavy atom. The first kappa shape index (κ1) is 14.6. The van der Waals surface area contributed by atoms with Crippen molar-refractivity contribution >= 4 is 6.16 Å². The molecule has 0 aliphatic carbocycles. The van der Waals surface area contributed by atoms with Gasteiger partial charge >= 0.3 is 6.16 Å². The molecule has 3 heteroatoms. The van der Waals surface area contributed by atoms with Crippen LogP contribution in [0.5, 0.6) is 0 Å². The Morgan fingerprint density at radius 1 is 1.00 bits per heavy atom. The molecule has 0 aromatic heterocycles. The smallest absolute Gasteiger partial charge is 0.438 e. The van der Waals surface area contributed by atoms with E-state index in [9.17, 15) is 4.79 Å². The van der Waals surface area contributed by atoms with Gasteiger partial charge in [0.15, 0.2) is 0 Å². The molecule has 18 heavy (non-hydrogen) atoms. The minimum Gasteiger partial charge on any atom is -0.438 e. The summed E-state index contributed by atoms with van der Waals surface area (Å²) >= 11 is 0. The summed E-state index contributed by atoms with van der Waals surface area (Å²) in [6.07, 6.45) is 6.23. The number of carbonyl (C=O) groups excluding carboxylic acids is 1. The molecule has 3 nitrogen and oxygen atoms in total. The lowest BCUT2D eigenvalue weighted by atomic mass is 10.1. The summed E-state index contributed by atoms with van der Waals surface area (Å²) in [6, 6.07) is 10.6. The molecule has 0 radical (unpaired) electrons. The summed E-state index contributed by atoms with van der Waals surface area (Å²) in [7, 11) is 1.33. The second-order valence-electron chi connectivity index (χ2n) is 4.31. The van der Waals surface area contributed by atoms with E-state index < -0.39 is 6.16 Å². The lowest BCUT2D eigenvalue weighted by Crippen LogP contribution is -2.05. The van der Waals surface area contributed by atoms with Crippen LogP contribution >= 0.6 is 0 Å². The summed E-state index contributed by atoms with van der Waals surface area (Å²) in [6.45, 7) is 0.464. The fourth-order valence-corrected chi connectivity index (χ4v) is 1.82. The van der Waals surface area contributed by atoms with Crippen molar-refractivity contribution < 1.29 is 14.3 Å². The first-order valence-electron chi connectivity index (χ1n) is 6.57. The Bertz CT molecular complexity index is 322. The molecule has 0 aliphatic rings. The fourth-order valence-electron chi connectivity index (χ4n) is 1.82. The Labute approximate surface area is 109 Å². The first-order valence-corrected chi connectivity index (χ1v) is 6.57. The largest absolute Gasteiger partial charge is 0.507 e. The molecule has 0 aliphatic heterocycles. The maximum absolute atomic E-state index is 10.7. The zero-order valence-corrected chi connectivity index (χ0v) is 11.1. The monoisotopic (exact) mass is 250 g/mol. The van der Waals surface area contributed by atoms with Gasteiger partial charge < -0.3 is 9.47 Å². The molecule has 100 valence electrons. The molecule has 1 aromatic carbocycles. The summed E-state index contributed by atoms with van der Waals surface area (Å²) in [5.41, 5.74) is 1.41. The lowest BCUT2D eigenvalue weighted by Gasteiger charge is -2.03. The van der Waals surface area contributed by atoms with E-state index in [1.54, 1.807) is 0 Å². The van der Waals surface area contributed by atoms with Crippen molar-refractivity contribution in [3.63, 3.8) is 0 Å². The van der Waals surface area contributed by atoms with Crippen molar-refractivity contribution in [3.05, 3.63) is 35.9 Å². The molecule has 1 rings (SSSR count). The van der Waals surface area contributed by atoms with Gasteiger partial charge in [0, 0.05) is 0 Å². The minimum absolute atomic E-state index is 0.464. The third-order valence-electron chi connectivity index (χ3n) is 2.84. The highest BCUT2D eigenvalue weighted by Crippen LogP contribution is 2.08. The average molecular weight is 250 g/mol. The lowest BCUT2D eigenvalue weighted by molar-refractivity contribution is 0.0713. The number of benzene rings is 1. The van der Waals surface area contributed by atoms with Gasteiger partial charge in [-0.25, -0.2) is 4.79 Å². The van der Waals surface area contributed by atoms with Crippen LogP contribution in [0.25, 0.3) is 0 Å². The number of methoxy groups -OCH3 is 1. The van der Waals surface area contributed by atoms with Gasteiger partial charge in [-0.15, -0.1) is 0 Å². The van der Waals surface area contributed by atoms with Crippen LogP contribution in [0.2, 0.25) is 0 Å². The van der Waals surface area contributed by atoms with Crippen LogP contribution in [0.4, 0.5) is 4.79 Å². The third kappa shape index (κ3) is 6.94. The topological polar surface area (TPSA) is 35.5 Å². The van der Waals surface area contributed by atoms with Crippen LogP contribution in [0.3, 0.4) is 0 Å². The summed E-state index contributed by atoms with van der Waals surface area (Å²) in [4.78, 5) is 10.7.